The Bertz CT molecular complexity index is 1530. The molecule has 34 heavy (non-hydrogen) atoms. The molecule has 0 fully saturated rings. The Balaban J connectivity index is 1.41. The minimum absolute atomic E-state index is 0.114. The Morgan fingerprint density at radius 2 is 1.74 bits per heavy atom. The topological polar surface area (TPSA) is 78.5 Å². The number of sulfone groups is 1. The van der Waals surface area contributed by atoms with Crippen molar-refractivity contribution in [2.24, 2.45) is 0 Å². The van der Waals surface area contributed by atoms with Crippen molar-refractivity contribution in [1.29, 1.82) is 0 Å². The summed E-state index contributed by atoms with van der Waals surface area (Å²) in [5.74, 6) is -0.367. The van der Waals surface area contributed by atoms with Crippen LogP contribution in [-0.4, -0.2) is 27.1 Å². The molecule has 0 radical (unpaired) electrons. The third-order valence-corrected chi connectivity index (χ3v) is 6.86. The number of hydrogen-bond acceptors (Lipinski definition) is 5. The molecule has 0 unspecified atom stereocenters. The summed E-state index contributed by atoms with van der Waals surface area (Å²) in [6.07, 6.45) is 5.23. The normalized spacial score (nSPS) is 13.1. The van der Waals surface area contributed by atoms with Crippen LogP contribution in [0.15, 0.2) is 102 Å². The van der Waals surface area contributed by atoms with Gasteiger partial charge in [-0.1, -0.05) is 36.4 Å². The highest BCUT2D eigenvalue weighted by Gasteiger charge is 2.17. The van der Waals surface area contributed by atoms with Crippen LogP contribution in [0.1, 0.15) is 10.4 Å². The molecule has 1 aliphatic heterocycles. The predicted molar refractivity (Wildman–Crippen MR) is 138 cm³/mol. The summed E-state index contributed by atoms with van der Waals surface area (Å²) in [6.45, 7) is 0.720. The molecule has 0 spiro atoms. The first kappa shape index (κ1) is 21.7. The zero-order chi connectivity index (χ0) is 23.7. The molecule has 0 aliphatic carbocycles. The first-order chi connectivity index (χ1) is 16.4. The number of rotatable bonds is 4. The van der Waals surface area contributed by atoms with E-state index >= 15 is 0 Å². The molecular weight excluding hydrogens is 446 g/mol. The van der Waals surface area contributed by atoms with E-state index in [1.807, 2.05) is 42.6 Å². The van der Waals surface area contributed by atoms with Crippen molar-refractivity contribution in [2.45, 2.75) is 4.90 Å². The molecule has 1 aliphatic rings. The average molecular weight is 470 g/mol. The van der Waals surface area contributed by atoms with E-state index in [4.69, 9.17) is 0 Å². The zero-order valence-corrected chi connectivity index (χ0v) is 19.3. The number of nitrogens with one attached hydrogen (secondary N) is 2. The van der Waals surface area contributed by atoms with Gasteiger partial charge in [-0.3, -0.25) is 4.79 Å². The summed E-state index contributed by atoms with van der Waals surface area (Å²) in [6, 6.07) is 26.1. The van der Waals surface area contributed by atoms with Gasteiger partial charge < -0.3 is 15.5 Å². The molecule has 0 atom stereocenters. The van der Waals surface area contributed by atoms with E-state index in [9.17, 15) is 13.2 Å². The second-order valence-electron chi connectivity index (χ2n) is 8.12. The second-order valence-corrected chi connectivity index (χ2v) is 10.1. The molecular formula is C27H23N3O3S. The van der Waals surface area contributed by atoms with Crippen LogP contribution in [-0.2, 0) is 9.84 Å². The lowest BCUT2D eigenvalue weighted by Crippen LogP contribution is -2.13. The SMILES string of the molecule is CS(=O)(=O)c1cccc(C(=O)Nc2ccc(N3C=CCNc4c3ccc3ccccc43)cc2)c1. The van der Waals surface area contributed by atoms with Gasteiger partial charge in [0.15, 0.2) is 9.84 Å². The summed E-state index contributed by atoms with van der Waals surface area (Å²) in [7, 11) is -3.39. The fourth-order valence-corrected chi connectivity index (χ4v) is 4.71. The summed E-state index contributed by atoms with van der Waals surface area (Å²) in [4.78, 5) is 14.9. The lowest BCUT2D eigenvalue weighted by molar-refractivity contribution is 0.102. The number of amides is 1. The monoisotopic (exact) mass is 469 g/mol. The number of benzene rings is 4. The third kappa shape index (κ3) is 4.25. The smallest absolute Gasteiger partial charge is 0.255 e. The number of nitrogens with zero attached hydrogens (tertiary/aromatic N) is 1. The molecule has 7 heteroatoms. The second kappa shape index (κ2) is 8.68. The number of carbonyl (C=O) groups excluding carboxylic acids is 1. The van der Waals surface area contributed by atoms with Gasteiger partial charge in [0.05, 0.1) is 16.3 Å². The predicted octanol–water partition coefficient (Wildman–Crippen LogP) is 5.57. The fourth-order valence-electron chi connectivity index (χ4n) is 4.05. The Morgan fingerprint density at radius 3 is 2.53 bits per heavy atom. The fraction of sp³-hybridized carbons (Fsp3) is 0.0741. The van der Waals surface area contributed by atoms with E-state index in [1.165, 1.54) is 17.5 Å². The number of carbonyl (C=O) groups is 1. The lowest BCUT2D eigenvalue weighted by atomic mass is 10.1. The molecule has 4 aromatic carbocycles. The van der Waals surface area contributed by atoms with Crippen molar-refractivity contribution < 1.29 is 13.2 Å². The molecule has 0 saturated carbocycles. The summed E-state index contributed by atoms with van der Waals surface area (Å²) in [5, 5.41) is 8.69. The number of fused-ring (bicyclic) bond motifs is 3. The highest BCUT2D eigenvalue weighted by molar-refractivity contribution is 7.90. The quantitative estimate of drug-likeness (QED) is 0.408. The van der Waals surface area contributed by atoms with Crippen molar-refractivity contribution in [3.05, 3.63) is 103 Å². The van der Waals surface area contributed by atoms with Crippen LogP contribution >= 0.6 is 0 Å². The Kier molecular flexibility index (Phi) is 5.55. The zero-order valence-electron chi connectivity index (χ0n) is 18.5. The first-order valence-corrected chi connectivity index (χ1v) is 12.7. The van der Waals surface area contributed by atoms with Gasteiger partial charge in [0, 0.05) is 41.3 Å². The summed E-state index contributed by atoms with van der Waals surface area (Å²) in [5.41, 5.74) is 3.98. The van der Waals surface area contributed by atoms with Gasteiger partial charge in [-0.25, -0.2) is 8.42 Å². The van der Waals surface area contributed by atoms with E-state index in [0.717, 1.165) is 35.2 Å². The average Bonchev–Trinajstić information content (AvgIpc) is 3.07. The van der Waals surface area contributed by atoms with Gasteiger partial charge in [-0.2, -0.15) is 0 Å². The molecule has 2 N–H and O–H groups in total. The van der Waals surface area contributed by atoms with Crippen molar-refractivity contribution in [1.82, 2.24) is 0 Å². The van der Waals surface area contributed by atoms with Crippen LogP contribution in [0, 0.1) is 0 Å². The van der Waals surface area contributed by atoms with Crippen LogP contribution in [0.3, 0.4) is 0 Å². The van der Waals surface area contributed by atoms with E-state index < -0.39 is 9.84 Å². The van der Waals surface area contributed by atoms with Crippen molar-refractivity contribution in [2.75, 3.05) is 28.3 Å². The van der Waals surface area contributed by atoms with Crippen LogP contribution < -0.4 is 15.5 Å². The Morgan fingerprint density at radius 1 is 0.941 bits per heavy atom. The summed E-state index contributed by atoms with van der Waals surface area (Å²) >= 11 is 0. The van der Waals surface area contributed by atoms with Crippen LogP contribution in [0.2, 0.25) is 0 Å². The van der Waals surface area contributed by atoms with E-state index in [1.54, 1.807) is 12.1 Å². The Hall–Kier alpha value is -4.10. The number of hydrogen-bond donors (Lipinski definition) is 2. The maximum absolute atomic E-state index is 12.7. The molecule has 5 rings (SSSR count). The standard InChI is InChI=1S/C27H23N3O3S/c1-34(32,33)23-8-4-7-20(18-23)27(31)29-21-11-13-22(14-12-21)30-17-5-16-28-26-24-9-3-2-6-19(24)10-15-25(26)30/h2-15,17-18,28H,16H2,1H3,(H,29,31). The van der Waals surface area contributed by atoms with Gasteiger partial charge in [-0.15, -0.1) is 0 Å². The molecule has 4 aromatic rings. The van der Waals surface area contributed by atoms with Gasteiger partial charge >= 0.3 is 0 Å². The van der Waals surface area contributed by atoms with Gasteiger partial charge in [0.2, 0.25) is 0 Å². The first-order valence-electron chi connectivity index (χ1n) is 10.8. The minimum Gasteiger partial charge on any atom is -0.379 e. The van der Waals surface area contributed by atoms with Crippen molar-refractivity contribution >= 4 is 49.3 Å². The largest absolute Gasteiger partial charge is 0.379 e. The van der Waals surface area contributed by atoms with Crippen LogP contribution in [0.25, 0.3) is 10.8 Å². The lowest BCUT2D eigenvalue weighted by Gasteiger charge is -2.23. The molecule has 170 valence electrons. The maximum atomic E-state index is 12.7. The van der Waals surface area contributed by atoms with Crippen LogP contribution in [0.5, 0.6) is 0 Å². The molecule has 1 heterocycles. The van der Waals surface area contributed by atoms with Gasteiger partial charge in [-0.05, 0) is 60.0 Å². The van der Waals surface area contributed by atoms with E-state index in [2.05, 4.69) is 45.9 Å². The molecule has 6 nitrogen and oxygen atoms in total. The molecule has 0 aromatic heterocycles. The van der Waals surface area contributed by atoms with Crippen molar-refractivity contribution in [3.8, 4) is 0 Å². The van der Waals surface area contributed by atoms with Gasteiger partial charge in [0.1, 0.15) is 0 Å². The summed E-state index contributed by atoms with van der Waals surface area (Å²) < 4.78 is 23.6. The van der Waals surface area contributed by atoms with E-state index in [-0.39, 0.29) is 16.4 Å². The maximum Gasteiger partial charge on any atom is 0.255 e. The highest BCUT2D eigenvalue weighted by Crippen LogP contribution is 2.39. The minimum atomic E-state index is -3.39. The molecule has 0 saturated heterocycles. The van der Waals surface area contributed by atoms with Crippen molar-refractivity contribution in [3.63, 3.8) is 0 Å². The van der Waals surface area contributed by atoms with E-state index in [0.29, 0.717) is 5.69 Å². The Labute approximate surface area is 198 Å². The number of anilines is 4. The van der Waals surface area contributed by atoms with Gasteiger partial charge in [0.25, 0.3) is 5.91 Å². The third-order valence-electron chi connectivity index (χ3n) is 5.75. The highest BCUT2D eigenvalue weighted by atomic mass is 32.2. The molecule has 0 bridgehead atoms. The molecule has 1 amide bonds. The van der Waals surface area contributed by atoms with Crippen LogP contribution in [0.4, 0.5) is 22.7 Å².